The summed E-state index contributed by atoms with van der Waals surface area (Å²) in [6.07, 6.45) is 2.61. The fraction of sp³-hybridized carbons (Fsp3) is 0.625. The molecule has 10 heavy (non-hydrogen) atoms. The molecule has 0 fully saturated rings. The summed E-state index contributed by atoms with van der Waals surface area (Å²) in [5, 5.41) is 8.54. The van der Waals surface area contributed by atoms with Gasteiger partial charge in [0.2, 0.25) is 0 Å². The number of allylic oxidation sites excluding steroid dienone is 2. The predicted octanol–water partition coefficient (Wildman–Crippen LogP) is 1.93. The van der Waals surface area contributed by atoms with E-state index in [9.17, 15) is 0 Å². The summed E-state index contributed by atoms with van der Waals surface area (Å²) in [5.74, 6) is 0. The molecule has 0 saturated carbocycles. The van der Waals surface area contributed by atoms with Crippen LogP contribution in [0.1, 0.15) is 33.1 Å². The van der Waals surface area contributed by atoms with Crippen molar-refractivity contribution in [2.24, 2.45) is 5.73 Å². The molecule has 0 aliphatic carbocycles. The molecule has 0 saturated heterocycles. The lowest BCUT2D eigenvalue weighted by Crippen LogP contribution is -2.00. The third-order valence-corrected chi connectivity index (χ3v) is 1.40. The molecule has 0 aliphatic heterocycles. The summed E-state index contributed by atoms with van der Waals surface area (Å²) in [4.78, 5) is 0. The van der Waals surface area contributed by atoms with Gasteiger partial charge in [0.05, 0.1) is 6.07 Å². The van der Waals surface area contributed by atoms with Crippen LogP contribution in [-0.2, 0) is 0 Å². The average Bonchev–Trinajstić information content (AvgIpc) is 1.91. The van der Waals surface area contributed by atoms with Gasteiger partial charge in [-0.15, -0.1) is 0 Å². The summed E-state index contributed by atoms with van der Waals surface area (Å²) in [7, 11) is 0. The highest BCUT2D eigenvalue weighted by Crippen LogP contribution is 2.07. The molecule has 0 rings (SSSR count). The lowest BCUT2D eigenvalue weighted by Gasteiger charge is -1.99. The van der Waals surface area contributed by atoms with Crippen LogP contribution in [0.25, 0.3) is 0 Å². The third-order valence-electron chi connectivity index (χ3n) is 1.40. The molecule has 0 heterocycles. The zero-order valence-electron chi connectivity index (χ0n) is 6.65. The second-order valence-corrected chi connectivity index (χ2v) is 2.22. The van der Waals surface area contributed by atoms with Crippen molar-refractivity contribution in [1.29, 1.82) is 5.26 Å². The molecule has 0 unspecified atom stereocenters. The lowest BCUT2D eigenvalue weighted by atomic mass is 10.1. The van der Waals surface area contributed by atoms with Gasteiger partial charge in [0.1, 0.15) is 0 Å². The molecule has 0 aromatic rings. The molecule has 0 spiro atoms. The minimum absolute atomic E-state index is 0.738. The zero-order valence-corrected chi connectivity index (χ0v) is 6.65. The van der Waals surface area contributed by atoms with E-state index >= 15 is 0 Å². The Morgan fingerprint density at radius 1 is 1.50 bits per heavy atom. The van der Waals surface area contributed by atoms with Crippen molar-refractivity contribution >= 4 is 0 Å². The highest BCUT2D eigenvalue weighted by Gasteiger charge is 1.97. The van der Waals surface area contributed by atoms with Crippen molar-refractivity contribution in [3.05, 3.63) is 11.3 Å². The van der Waals surface area contributed by atoms with Crippen molar-refractivity contribution in [2.45, 2.75) is 33.1 Å². The molecule has 2 heteroatoms. The van der Waals surface area contributed by atoms with E-state index in [0.29, 0.717) is 0 Å². The molecule has 0 aliphatic rings. The van der Waals surface area contributed by atoms with Gasteiger partial charge >= 0.3 is 0 Å². The van der Waals surface area contributed by atoms with Crippen molar-refractivity contribution in [3.8, 4) is 6.07 Å². The molecule has 0 aromatic carbocycles. The maximum atomic E-state index is 8.54. The molecule has 2 nitrogen and oxygen atoms in total. The van der Waals surface area contributed by atoms with Gasteiger partial charge in [0.25, 0.3) is 0 Å². The minimum atomic E-state index is 0.738. The van der Waals surface area contributed by atoms with Crippen LogP contribution in [-0.4, -0.2) is 0 Å². The molecule has 0 bridgehead atoms. The lowest BCUT2D eigenvalue weighted by molar-refractivity contribution is 0.871. The van der Waals surface area contributed by atoms with Crippen LogP contribution in [0.4, 0.5) is 0 Å². The van der Waals surface area contributed by atoms with Crippen LogP contribution >= 0.6 is 0 Å². The molecule has 0 aromatic heterocycles. The van der Waals surface area contributed by atoms with Crippen LogP contribution in [0.15, 0.2) is 11.3 Å². The maximum absolute atomic E-state index is 8.54. The fourth-order valence-electron chi connectivity index (χ4n) is 0.798. The highest BCUT2D eigenvalue weighted by atomic mass is 14.6. The first-order chi connectivity index (χ1) is 4.76. The first kappa shape index (κ1) is 9.03. The number of nitrogens with zero attached hydrogens (tertiary/aromatic N) is 1. The molecule has 0 amide bonds. The molecular weight excluding hydrogens is 124 g/mol. The Bertz CT molecular complexity index is 163. The Morgan fingerprint density at radius 3 is 2.40 bits per heavy atom. The first-order valence-corrected chi connectivity index (χ1v) is 3.63. The van der Waals surface area contributed by atoms with Crippen molar-refractivity contribution in [3.63, 3.8) is 0 Å². The van der Waals surface area contributed by atoms with Gasteiger partial charge in [-0.1, -0.05) is 20.3 Å². The summed E-state index contributed by atoms with van der Waals surface area (Å²) < 4.78 is 0. The Morgan fingerprint density at radius 2 is 2.10 bits per heavy atom. The SMILES string of the molecule is CCC/C(N)=C(\C#N)CC. The predicted molar refractivity (Wildman–Crippen MR) is 42.0 cm³/mol. The molecular formula is C8H14N2. The van der Waals surface area contributed by atoms with E-state index in [0.717, 1.165) is 30.5 Å². The van der Waals surface area contributed by atoms with Gasteiger partial charge < -0.3 is 5.73 Å². The average molecular weight is 138 g/mol. The summed E-state index contributed by atoms with van der Waals surface area (Å²) in [6, 6.07) is 2.09. The van der Waals surface area contributed by atoms with E-state index < -0.39 is 0 Å². The van der Waals surface area contributed by atoms with E-state index in [-0.39, 0.29) is 0 Å². The van der Waals surface area contributed by atoms with E-state index in [1.807, 2.05) is 6.92 Å². The second kappa shape index (κ2) is 4.87. The van der Waals surface area contributed by atoms with Gasteiger partial charge in [-0.2, -0.15) is 5.26 Å². The van der Waals surface area contributed by atoms with Crippen LogP contribution in [0, 0.1) is 11.3 Å². The van der Waals surface area contributed by atoms with Gasteiger partial charge in [0.15, 0.2) is 0 Å². The van der Waals surface area contributed by atoms with E-state index in [4.69, 9.17) is 11.0 Å². The molecule has 0 radical (unpaired) electrons. The van der Waals surface area contributed by atoms with Crippen LogP contribution in [0.5, 0.6) is 0 Å². The number of hydrogen-bond acceptors (Lipinski definition) is 2. The third kappa shape index (κ3) is 2.54. The van der Waals surface area contributed by atoms with Gasteiger partial charge in [-0.25, -0.2) is 0 Å². The van der Waals surface area contributed by atoms with E-state index in [1.54, 1.807) is 0 Å². The summed E-state index contributed by atoms with van der Waals surface area (Å²) in [6.45, 7) is 4.00. The van der Waals surface area contributed by atoms with Crippen LogP contribution < -0.4 is 5.73 Å². The minimum Gasteiger partial charge on any atom is -0.401 e. The standard InChI is InChI=1S/C8H14N2/c1-3-5-8(10)7(4-2)6-9/h3-5,10H2,1-2H3/b8-7+. The highest BCUT2D eigenvalue weighted by molar-refractivity contribution is 5.25. The Balaban J connectivity index is 4.16. The number of hydrogen-bond donors (Lipinski definition) is 1. The largest absolute Gasteiger partial charge is 0.401 e. The van der Waals surface area contributed by atoms with Crippen molar-refractivity contribution in [2.75, 3.05) is 0 Å². The number of nitriles is 1. The normalized spacial score (nSPS) is 12.1. The summed E-state index contributed by atoms with van der Waals surface area (Å²) >= 11 is 0. The second-order valence-electron chi connectivity index (χ2n) is 2.22. The quantitative estimate of drug-likeness (QED) is 0.606. The Labute approximate surface area is 62.3 Å². The fourth-order valence-corrected chi connectivity index (χ4v) is 0.798. The number of nitrogens with two attached hydrogens (primary N) is 1. The van der Waals surface area contributed by atoms with Crippen molar-refractivity contribution in [1.82, 2.24) is 0 Å². The smallest absolute Gasteiger partial charge is 0.0965 e. The topological polar surface area (TPSA) is 49.8 Å². The summed E-state index contributed by atoms with van der Waals surface area (Å²) in [5.41, 5.74) is 7.10. The molecule has 0 atom stereocenters. The zero-order chi connectivity index (χ0) is 7.98. The van der Waals surface area contributed by atoms with Crippen LogP contribution in [0.3, 0.4) is 0 Å². The molecule has 2 N–H and O–H groups in total. The van der Waals surface area contributed by atoms with E-state index in [1.165, 1.54) is 0 Å². The Kier molecular flexibility index (Phi) is 4.39. The maximum Gasteiger partial charge on any atom is 0.0965 e. The van der Waals surface area contributed by atoms with Gasteiger partial charge in [-0.3, -0.25) is 0 Å². The monoisotopic (exact) mass is 138 g/mol. The number of rotatable bonds is 3. The molecule has 56 valence electrons. The van der Waals surface area contributed by atoms with E-state index in [2.05, 4.69) is 13.0 Å². The Hall–Kier alpha value is -0.970. The first-order valence-electron chi connectivity index (χ1n) is 3.63. The van der Waals surface area contributed by atoms with Crippen molar-refractivity contribution < 1.29 is 0 Å². The van der Waals surface area contributed by atoms with Gasteiger partial charge in [-0.05, 0) is 12.8 Å². The van der Waals surface area contributed by atoms with Crippen LogP contribution in [0.2, 0.25) is 0 Å². The van der Waals surface area contributed by atoms with Gasteiger partial charge in [0, 0.05) is 11.3 Å².